The molecule has 0 radical (unpaired) electrons. The molecule has 3 rings (SSSR count). The van der Waals surface area contributed by atoms with E-state index < -0.39 is 41.5 Å². The second-order valence-corrected chi connectivity index (χ2v) is 7.21. The van der Waals surface area contributed by atoms with Crippen LogP contribution < -0.4 is 9.47 Å². The molecular weight excluding hydrogens is 453 g/mol. The first-order valence-corrected chi connectivity index (χ1v) is 10.0. The Morgan fingerprint density at radius 1 is 0.818 bits per heavy atom. The van der Waals surface area contributed by atoms with Gasteiger partial charge in [0.25, 0.3) is 0 Å². The Labute approximate surface area is 185 Å². The van der Waals surface area contributed by atoms with E-state index >= 15 is 0 Å². The predicted molar refractivity (Wildman–Crippen MR) is 108 cm³/mol. The average molecular weight is 472 g/mol. The first-order chi connectivity index (χ1) is 15.6. The molecule has 0 aromatic heterocycles. The van der Waals surface area contributed by atoms with Crippen molar-refractivity contribution in [2.45, 2.75) is 38.9 Å². The molecule has 0 spiro atoms. The Morgan fingerprint density at radius 2 is 1.45 bits per heavy atom. The fraction of sp³-hybridized carbons (Fsp3) is 0.250. The third-order valence-electron chi connectivity index (χ3n) is 4.80. The number of aryl methyl sites for hydroxylation is 1. The van der Waals surface area contributed by atoms with Crippen LogP contribution in [0, 0.1) is 17.5 Å². The highest BCUT2D eigenvalue weighted by atomic mass is 19.3. The summed E-state index contributed by atoms with van der Waals surface area (Å²) in [6.07, 6.45) is -1.72. The number of halogens is 7. The lowest BCUT2D eigenvalue weighted by atomic mass is 10.0. The van der Waals surface area contributed by atoms with Gasteiger partial charge in [0.2, 0.25) is 0 Å². The lowest BCUT2D eigenvalue weighted by molar-refractivity contribution is -0.187. The fourth-order valence-electron chi connectivity index (χ4n) is 3.18. The Hall–Kier alpha value is -3.23. The lowest BCUT2D eigenvalue weighted by Crippen LogP contribution is -2.23. The van der Waals surface area contributed by atoms with Gasteiger partial charge in [0, 0.05) is 0 Å². The molecule has 0 heterocycles. The van der Waals surface area contributed by atoms with E-state index in [-0.39, 0.29) is 16.9 Å². The topological polar surface area (TPSA) is 18.5 Å². The van der Waals surface area contributed by atoms with Crippen molar-refractivity contribution in [2.24, 2.45) is 0 Å². The summed E-state index contributed by atoms with van der Waals surface area (Å²) in [6, 6.07) is 9.65. The molecule has 0 aliphatic rings. The van der Waals surface area contributed by atoms with E-state index in [1.807, 2.05) is 6.92 Å². The Balaban J connectivity index is 1.78. The van der Waals surface area contributed by atoms with Crippen molar-refractivity contribution < 1.29 is 40.2 Å². The maximum absolute atomic E-state index is 14.5. The summed E-state index contributed by atoms with van der Waals surface area (Å²) >= 11 is 0. The summed E-state index contributed by atoms with van der Waals surface area (Å²) in [4.78, 5) is 0. The van der Waals surface area contributed by atoms with E-state index in [0.29, 0.717) is 12.0 Å². The lowest BCUT2D eigenvalue weighted by Gasteiger charge is -2.19. The molecule has 176 valence electrons. The minimum Gasteiger partial charge on any atom is -0.429 e. The van der Waals surface area contributed by atoms with E-state index in [0.717, 1.165) is 49.2 Å². The molecular formula is C24H19F7O2. The van der Waals surface area contributed by atoms with Crippen LogP contribution in [0.4, 0.5) is 30.7 Å². The van der Waals surface area contributed by atoms with Crippen LogP contribution in [0.5, 0.6) is 11.5 Å². The standard InChI is InChI=1S/C24H19F7O2/c1-2-3-4-14-5-10-18(19(25)11-14)24(30,31)33-17-8-6-15(7-9-17)16-12-20(26)22(21(27)13-16)32-23(28)29/h5-13,23H,2-4H2,1H3. The number of alkyl halides is 4. The Kier molecular flexibility index (Phi) is 7.50. The molecule has 0 saturated carbocycles. The molecule has 0 atom stereocenters. The molecule has 3 aromatic carbocycles. The minimum atomic E-state index is -3.97. The summed E-state index contributed by atoms with van der Waals surface area (Å²) in [5.74, 6) is -5.35. The van der Waals surface area contributed by atoms with Crippen LogP contribution in [0.15, 0.2) is 54.6 Å². The van der Waals surface area contributed by atoms with Crippen molar-refractivity contribution in [2.75, 3.05) is 0 Å². The smallest absolute Gasteiger partial charge is 0.429 e. The van der Waals surface area contributed by atoms with Crippen molar-refractivity contribution in [1.82, 2.24) is 0 Å². The van der Waals surface area contributed by atoms with Crippen LogP contribution in [-0.2, 0) is 12.5 Å². The van der Waals surface area contributed by atoms with E-state index in [4.69, 9.17) is 0 Å². The quantitative estimate of drug-likeness (QED) is 0.295. The van der Waals surface area contributed by atoms with Crippen LogP contribution >= 0.6 is 0 Å². The predicted octanol–water partition coefficient (Wildman–Crippen LogP) is 7.84. The summed E-state index contributed by atoms with van der Waals surface area (Å²) in [5, 5.41) is 0. The normalized spacial score (nSPS) is 11.7. The van der Waals surface area contributed by atoms with Crippen LogP contribution in [0.3, 0.4) is 0 Å². The summed E-state index contributed by atoms with van der Waals surface area (Å²) in [6.45, 7) is -1.45. The molecule has 0 N–H and O–H groups in total. The van der Waals surface area contributed by atoms with E-state index in [1.54, 1.807) is 0 Å². The van der Waals surface area contributed by atoms with Gasteiger partial charge in [0.05, 0.1) is 5.56 Å². The van der Waals surface area contributed by atoms with E-state index in [2.05, 4.69) is 9.47 Å². The van der Waals surface area contributed by atoms with Crippen molar-refractivity contribution in [3.05, 3.63) is 83.2 Å². The number of ether oxygens (including phenoxy) is 2. The third kappa shape index (κ3) is 5.97. The number of rotatable bonds is 9. The van der Waals surface area contributed by atoms with E-state index in [9.17, 15) is 30.7 Å². The fourth-order valence-corrected chi connectivity index (χ4v) is 3.18. The Bertz CT molecular complexity index is 1080. The van der Waals surface area contributed by atoms with Crippen molar-refractivity contribution in [3.8, 4) is 22.6 Å². The van der Waals surface area contributed by atoms with Crippen LogP contribution in [0.25, 0.3) is 11.1 Å². The molecule has 33 heavy (non-hydrogen) atoms. The molecule has 0 aliphatic carbocycles. The maximum Gasteiger partial charge on any atom is 0.429 e. The molecule has 0 amide bonds. The molecule has 0 fully saturated rings. The number of hydrogen-bond acceptors (Lipinski definition) is 2. The highest BCUT2D eigenvalue weighted by Crippen LogP contribution is 2.35. The second-order valence-electron chi connectivity index (χ2n) is 7.21. The number of benzene rings is 3. The van der Waals surface area contributed by atoms with Crippen molar-refractivity contribution in [3.63, 3.8) is 0 Å². The van der Waals surface area contributed by atoms with E-state index in [1.165, 1.54) is 18.2 Å². The largest absolute Gasteiger partial charge is 0.429 e. The molecule has 3 aromatic rings. The zero-order valence-electron chi connectivity index (χ0n) is 17.4. The first-order valence-electron chi connectivity index (χ1n) is 10.0. The summed E-state index contributed by atoms with van der Waals surface area (Å²) < 4.78 is 104. The molecule has 0 saturated heterocycles. The van der Waals surface area contributed by atoms with Gasteiger partial charge in [-0.25, -0.2) is 13.2 Å². The Morgan fingerprint density at radius 3 is 2.00 bits per heavy atom. The first kappa shape index (κ1) is 24.4. The zero-order chi connectivity index (χ0) is 24.2. The number of unbranched alkanes of at least 4 members (excludes halogenated alkanes) is 1. The van der Waals surface area contributed by atoms with Crippen LogP contribution in [0.1, 0.15) is 30.9 Å². The van der Waals surface area contributed by atoms with Gasteiger partial charge in [-0.15, -0.1) is 0 Å². The maximum atomic E-state index is 14.5. The highest BCUT2D eigenvalue weighted by Gasteiger charge is 2.37. The third-order valence-corrected chi connectivity index (χ3v) is 4.80. The SMILES string of the molecule is CCCCc1ccc(C(F)(F)Oc2ccc(-c3cc(F)c(OC(F)F)c(F)c3)cc2)c(F)c1. The second kappa shape index (κ2) is 10.1. The van der Waals surface area contributed by atoms with Crippen LogP contribution in [0.2, 0.25) is 0 Å². The summed E-state index contributed by atoms with van der Waals surface area (Å²) in [5.41, 5.74) is -0.176. The molecule has 0 bridgehead atoms. The number of hydrogen-bond donors (Lipinski definition) is 0. The zero-order valence-corrected chi connectivity index (χ0v) is 17.4. The molecule has 0 aliphatic heterocycles. The van der Waals surface area contributed by atoms with Crippen molar-refractivity contribution >= 4 is 0 Å². The molecule has 0 unspecified atom stereocenters. The van der Waals surface area contributed by atoms with Gasteiger partial charge in [0.1, 0.15) is 11.6 Å². The molecule has 9 heteroatoms. The van der Waals surface area contributed by atoms with Crippen molar-refractivity contribution in [1.29, 1.82) is 0 Å². The molecule has 2 nitrogen and oxygen atoms in total. The van der Waals surface area contributed by atoms with Gasteiger partial charge in [-0.05, 0) is 65.9 Å². The van der Waals surface area contributed by atoms with Gasteiger partial charge in [-0.3, -0.25) is 0 Å². The van der Waals surface area contributed by atoms with Gasteiger partial charge < -0.3 is 9.47 Å². The minimum absolute atomic E-state index is 0.0429. The monoisotopic (exact) mass is 472 g/mol. The highest BCUT2D eigenvalue weighted by molar-refractivity contribution is 5.65. The van der Waals surface area contributed by atoms with Gasteiger partial charge in [-0.1, -0.05) is 31.5 Å². The van der Waals surface area contributed by atoms with Gasteiger partial charge in [-0.2, -0.15) is 17.6 Å². The summed E-state index contributed by atoms with van der Waals surface area (Å²) in [7, 11) is 0. The van der Waals surface area contributed by atoms with Gasteiger partial charge in [0.15, 0.2) is 17.4 Å². The van der Waals surface area contributed by atoms with Crippen LogP contribution in [-0.4, -0.2) is 6.61 Å². The van der Waals surface area contributed by atoms with Gasteiger partial charge >= 0.3 is 12.7 Å². The average Bonchev–Trinajstić information content (AvgIpc) is 2.74.